The minimum Gasteiger partial charge on any atom is -0.211 e. The molecule has 0 atom stereocenters. The molecular weight excluding hydrogens is 236 g/mol. The Morgan fingerprint density at radius 3 is 2.76 bits per heavy atom. The molecular formula is C12H12N2O2S. The Bertz CT molecular complexity index is 475. The predicted octanol–water partition coefficient (Wildman–Crippen LogP) is 2.64. The van der Waals surface area contributed by atoms with Crippen LogP contribution in [0.2, 0.25) is 0 Å². The van der Waals surface area contributed by atoms with Crippen LogP contribution in [-0.4, -0.2) is 24.5 Å². The molecule has 0 radical (unpaired) electrons. The number of aliphatic imine (C=N–C) groups is 2. The van der Waals surface area contributed by atoms with Gasteiger partial charge in [0.1, 0.15) is 0 Å². The lowest BCUT2D eigenvalue weighted by Crippen LogP contribution is -1.87. The Kier molecular flexibility index (Phi) is 5.97. The van der Waals surface area contributed by atoms with E-state index in [1.165, 1.54) is 29.5 Å². The van der Waals surface area contributed by atoms with Gasteiger partial charge in [0.05, 0.1) is 12.2 Å². The standard InChI is InChI=1S/C12H12N2O2S/c1-2-10-3-4-11(14-9-16)12(7-10)17-6-5-13-8-15/h3-4,7H,2,5-6H2,1H3. The fourth-order valence-electron chi connectivity index (χ4n) is 1.28. The van der Waals surface area contributed by atoms with Gasteiger partial charge in [-0.3, -0.25) is 0 Å². The van der Waals surface area contributed by atoms with E-state index in [2.05, 4.69) is 16.9 Å². The molecule has 0 spiro atoms. The van der Waals surface area contributed by atoms with E-state index in [-0.39, 0.29) is 0 Å². The third kappa shape index (κ3) is 4.37. The van der Waals surface area contributed by atoms with Crippen molar-refractivity contribution in [3.8, 4) is 0 Å². The Labute approximate surface area is 104 Å². The van der Waals surface area contributed by atoms with Crippen molar-refractivity contribution in [3.63, 3.8) is 0 Å². The molecule has 0 saturated carbocycles. The number of thioether (sulfide) groups is 1. The third-order valence-electron chi connectivity index (χ3n) is 2.12. The SMILES string of the molecule is CCc1ccc(N=C=O)c(SCCN=C=O)c1. The van der Waals surface area contributed by atoms with Crippen LogP contribution in [0.15, 0.2) is 33.1 Å². The second kappa shape index (κ2) is 7.58. The fraction of sp³-hybridized carbons (Fsp3) is 0.333. The van der Waals surface area contributed by atoms with Crippen LogP contribution in [0.25, 0.3) is 0 Å². The molecule has 0 bridgehead atoms. The molecule has 0 aliphatic carbocycles. The van der Waals surface area contributed by atoms with Crippen molar-refractivity contribution in [2.45, 2.75) is 18.2 Å². The molecule has 0 aromatic heterocycles. The zero-order valence-electron chi connectivity index (χ0n) is 9.47. The van der Waals surface area contributed by atoms with Gasteiger partial charge in [-0.05, 0) is 24.1 Å². The van der Waals surface area contributed by atoms with E-state index in [1.54, 1.807) is 6.07 Å². The molecule has 0 amide bonds. The van der Waals surface area contributed by atoms with Crippen LogP contribution in [0.1, 0.15) is 12.5 Å². The summed E-state index contributed by atoms with van der Waals surface area (Å²) in [5.74, 6) is 0.657. The topological polar surface area (TPSA) is 58.9 Å². The molecule has 0 heterocycles. The molecule has 1 aromatic carbocycles. The van der Waals surface area contributed by atoms with Crippen LogP contribution < -0.4 is 0 Å². The van der Waals surface area contributed by atoms with Crippen molar-refractivity contribution in [1.82, 2.24) is 0 Å². The van der Waals surface area contributed by atoms with Crippen molar-refractivity contribution in [2.24, 2.45) is 9.98 Å². The summed E-state index contributed by atoms with van der Waals surface area (Å²) in [4.78, 5) is 28.2. The van der Waals surface area contributed by atoms with Gasteiger partial charge in [0.15, 0.2) is 0 Å². The van der Waals surface area contributed by atoms with Crippen molar-refractivity contribution in [1.29, 1.82) is 0 Å². The Hall–Kier alpha value is -1.67. The van der Waals surface area contributed by atoms with Gasteiger partial charge in [0.25, 0.3) is 0 Å². The van der Waals surface area contributed by atoms with E-state index in [9.17, 15) is 9.59 Å². The average molecular weight is 248 g/mol. The molecule has 5 heteroatoms. The molecule has 1 rings (SSSR count). The number of isocyanates is 2. The maximum Gasteiger partial charge on any atom is 0.240 e. The molecule has 0 N–H and O–H groups in total. The monoisotopic (exact) mass is 248 g/mol. The van der Waals surface area contributed by atoms with Crippen LogP contribution in [0, 0.1) is 0 Å². The second-order valence-corrected chi connectivity index (χ2v) is 4.32. The van der Waals surface area contributed by atoms with Crippen LogP contribution >= 0.6 is 11.8 Å². The minimum atomic E-state index is 0.411. The number of nitrogens with zero attached hydrogens (tertiary/aromatic N) is 2. The molecule has 17 heavy (non-hydrogen) atoms. The number of aryl methyl sites for hydroxylation is 1. The number of hydrogen-bond donors (Lipinski definition) is 0. The maximum absolute atomic E-state index is 10.3. The molecule has 0 unspecified atom stereocenters. The first kappa shape index (κ1) is 13.4. The molecule has 0 aliphatic rings. The summed E-state index contributed by atoms with van der Waals surface area (Å²) in [7, 11) is 0. The molecule has 0 fully saturated rings. The Morgan fingerprint density at radius 1 is 1.29 bits per heavy atom. The first-order valence-corrected chi connectivity index (χ1v) is 6.17. The predicted molar refractivity (Wildman–Crippen MR) is 67.3 cm³/mol. The molecule has 4 nitrogen and oxygen atoms in total. The summed E-state index contributed by atoms with van der Waals surface area (Å²) < 4.78 is 0. The number of carbonyl (C=O) groups excluding carboxylic acids is 2. The Morgan fingerprint density at radius 2 is 2.12 bits per heavy atom. The number of benzene rings is 1. The third-order valence-corrected chi connectivity index (χ3v) is 3.15. The van der Waals surface area contributed by atoms with Crippen molar-refractivity contribution in [2.75, 3.05) is 12.3 Å². The van der Waals surface area contributed by atoms with Crippen molar-refractivity contribution < 1.29 is 9.59 Å². The lowest BCUT2D eigenvalue weighted by molar-refractivity contribution is 0.563. The average Bonchev–Trinajstić information content (AvgIpc) is 2.36. The second-order valence-electron chi connectivity index (χ2n) is 3.18. The summed E-state index contributed by atoms with van der Waals surface area (Å²) >= 11 is 1.51. The molecule has 0 saturated heterocycles. The summed E-state index contributed by atoms with van der Waals surface area (Å²) in [5.41, 5.74) is 1.79. The van der Waals surface area contributed by atoms with Crippen LogP contribution in [0.5, 0.6) is 0 Å². The van der Waals surface area contributed by atoms with Gasteiger partial charge in [0, 0.05) is 10.6 Å². The van der Waals surface area contributed by atoms with Gasteiger partial charge >= 0.3 is 0 Å². The van der Waals surface area contributed by atoms with Crippen LogP contribution in [-0.2, 0) is 16.0 Å². The summed E-state index contributed by atoms with van der Waals surface area (Å²) in [6.07, 6.45) is 3.95. The fourth-order valence-corrected chi connectivity index (χ4v) is 2.18. The quantitative estimate of drug-likeness (QED) is 0.336. The molecule has 88 valence electrons. The van der Waals surface area contributed by atoms with E-state index in [1.807, 2.05) is 12.1 Å². The van der Waals surface area contributed by atoms with Gasteiger partial charge in [0.2, 0.25) is 12.2 Å². The number of rotatable bonds is 6. The smallest absolute Gasteiger partial charge is 0.211 e. The normalized spacial score (nSPS) is 9.24. The highest BCUT2D eigenvalue weighted by Crippen LogP contribution is 2.30. The highest BCUT2D eigenvalue weighted by atomic mass is 32.2. The van der Waals surface area contributed by atoms with Gasteiger partial charge in [-0.1, -0.05) is 13.0 Å². The lowest BCUT2D eigenvalue weighted by Gasteiger charge is -2.05. The minimum absolute atomic E-state index is 0.411. The summed E-state index contributed by atoms with van der Waals surface area (Å²) in [6.45, 7) is 2.47. The van der Waals surface area contributed by atoms with Crippen LogP contribution in [0.3, 0.4) is 0 Å². The first-order valence-electron chi connectivity index (χ1n) is 5.19. The van der Waals surface area contributed by atoms with Gasteiger partial charge in [-0.2, -0.15) is 4.99 Å². The van der Waals surface area contributed by atoms with Crippen LogP contribution in [0.4, 0.5) is 5.69 Å². The summed E-state index contributed by atoms with van der Waals surface area (Å²) in [6, 6.07) is 5.73. The molecule has 1 aromatic rings. The highest BCUT2D eigenvalue weighted by Gasteiger charge is 2.03. The van der Waals surface area contributed by atoms with Crippen molar-refractivity contribution in [3.05, 3.63) is 23.8 Å². The largest absolute Gasteiger partial charge is 0.240 e. The van der Waals surface area contributed by atoms with Gasteiger partial charge < -0.3 is 0 Å². The van der Waals surface area contributed by atoms with E-state index < -0.39 is 0 Å². The van der Waals surface area contributed by atoms with E-state index >= 15 is 0 Å². The van der Waals surface area contributed by atoms with E-state index in [0.717, 1.165) is 11.3 Å². The van der Waals surface area contributed by atoms with Gasteiger partial charge in [-0.15, -0.1) is 11.8 Å². The first-order chi connectivity index (χ1) is 8.31. The summed E-state index contributed by atoms with van der Waals surface area (Å²) in [5, 5.41) is 0. The number of hydrogen-bond acceptors (Lipinski definition) is 5. The highest BCUT2D eigenvalue weighted by molar-refractivity contribution is 7.99. The molecule has 0 aliphatic heterocycles. The Balaban J connectivity index is 2.84. The maximum atomic E-state index is 10.3. The van der Waals surface area contributed by atoms with E-state index in [4.69, 9.17) is 0 Å². The zero-order chi connectivity index (χ0) is 12.5. The van der Waals surface area contributed by atoms with Gasteiger partial charge in [-0.25, -0.2) is 14.6 Å². The van der Waals surface area contributed by atoms with E-state index in [0.29, 0.717) is 18.0 Å². The zero-order valence-corrected chi connectivity index (χ0v) is 10.3. The van der Waals surface area contributed by atoms with Crippen molar-refractivity contribution >= 4 is 29.6 Å². The lowest BCUT2D eigenvalue weighted by atomic mass is 10.1.